The summed E-state index contributed by atoms with van der Waals surface area (Å²) in [6.45, 7) is 7.38. The van der Waals surface area contributed by atoms with Gasteiger partial charge in [-0.2, -0.15) is 5.26 Å². The minimum absolute atomic E-state index is 0.302. The first-order valence-electron chi connectivity index (χ1n) is 4.80. The Hall–Kier alpha value is -1.30. The Kier molecular flexibility index (Phi) is 4.93. The van der Waals surface area contributed by atoms with E-state index >= 15 is 0 Å². The Balaban J connectivity index is 4.99. The molecule has 0 fully saturated rings. The van der Waals surface area contributed by atoms with Gasteiger partial charge in [-0.15, -0.1) is 0 Å². The quantitative estimate of drug-likeness (QED) is 0.511. The molecule has 0 saturated heterocycles. The summed E-state index contributed by atoms with van der Waals surface area (Å²) in [5.74, 6) is -0.461. The second kappa shape index (κ2) is 5.43. The smallest absolute Gasteiger partial charge is 0.330 e. The molecule has 0 aliphatic heterocycles. The number of carbonyl (C=O) groups is 1. The SMILES string of the molecule is C/C=C(\CC)C(C)(C#N)C(=O)OCC. The molecule has 14 heavy (non-hydrogen) atoms. The number of nitriles is 1. The van der Waals surface area contributed by atoms with Gasteiger partial charge in [0.15, 0.2) is 5.41 Å². The van der Waals surface area contributed by atoms with Crippen LogP contribution >= 0.6 is 0 Å². The Bertz CT molecular complexity index is 276. The van der Waals surface area contributed by atoms with Gasteiger partial charge in [0.25, 0.3) is 0 Å². The van der Waals surface area contributed by atoms with Crippen LogP contribution < -0.4 is 0 Å². The first-order valence-corrected chi connectivity index (χ1v) is 4.80. The van der Waals surface area contributed by atoms with E-state index < -0.39 is 11.4 Å². The molecule has 0 spiro atoms. The molecule has 0 rings (SSSR count). The Morgan fingerprint density at radius 2 is 2.14 bits per heavy atom. The van der Waals surface area contributed by atoms with Crippen LogP contribution in [0.4, 0.5) is 0 Å². The third-order valence-electron chi connectivity index (χ3n) is 2.28. The number of ether oxygens (including phenoxy) is 1. The van der Waals surface area contributed by atoms with Crippen LogP contribution in [0.3, 0.4) is 0 Å². The lowest BCUT2D eigenvalue weighted by molar-refractivity contribution is -0.149. The van der Waals surface area contributed by atoms with Gasteiger partial charge in [-0.3, -0.25) is 0 Å². The van der Waals surface area contributed by atoms with Crippen LogP contribution in [0.1, 0.15) is 34.1 Å². The van der Waals surface area contributed by atoms with E-state index in [-0.39, 0.29) is 0 Å². The van der Waals surface area contributed by atoms with Crippen molar-refractivity contribution >= 4 is 5.97 Å². The number of rotatable bonds is 4. The molecule has 0 N–H and O–H groups in total. The number of hydrogen-bond donors (Lipinski definition) is 0. The molecule has 0 aliphatic carbocycles. The predicted octanol–water partition coefficient (Wildman–Crippen LogP) is 2.44. The lowest BCUT2D eigenvalue weighted by atomic mass is 9.82. The van der Waals surface area contributed by atoms with Crippen LogP contribution in [0.25, 0.3) is 0 Å². The molecular formula is C11H17NO2. The Morgan fingerprint density at radius 1 is 1.57 bits per heavy atom. The largest absolute Gasteiger partial charge is 0.465 e. The first-order chi connectivity index (χ1) is 6.56. The second-order valence-electron chi connectivity index (χ2n) is 3.12. The molecule has 0 saturated carbocycles. The monoisotopic (exact) mass is 195 g/mol. The fraction of sp³-hybridized carbons (Fsp3) is 0.636. The summed E-state index contributed by atoms with van der Waals surface area (Å²) in [4.78, 5) is 11.6. The maximum absolute atomic E-state index is 11.6. The van der Waals surface area contributed by atoms with Gasteiger partial charge in [0.1, 0.15) is 0 Å². The zero-order valence-corrected chi connectivity index (χ0v) is 9.26. The number of allylic oxidation sites excluding steroid dienone is 1. The van der Waals surface area contributed by atoms with E-state index in [0.717, 1.165) is 5.57 Å². The van der Waals surface area contributed by atoms with Crippen molar-refractivity contribution in [3.63, 3.8) is 0 Å². The lowest BCUT2D eigenvalue weighted by Crippen LogP contribution is -2.30. The number of esters is 1. The van der Waals surface area contributed by atoms with Crippen molar-refractivity contribution in [3.8, 4) is 6.07 Å². The van der Waals surface area contributed by atoms with Crippen LogP contribution in [0.5, 0.6) is 0 Å². The number of hydrogen-bond acceptors (Lipinski definition) is 3. The van der Waals surface area contributed by atoms with Crippen LogP contribution in [0, 0.1) is 16.7 Å². The highest BCUT2D eigenvalue weighted by molar-refractivity contribution is 5.83. The highest BCUT2D eigenvalue weighted by atomic mass is 16.5. The summed E-state index contributed by atoms with van der Waals surface area (Å²) in [7, 11) is 0. The molecule has 0 aromatic carbocycles. The molecule has 1 unspecified atom stereocenters. The van der Waals surface area contributed by atoms with E-state index in [2.05, 4.69) is 0 Å². The van der Waals surface area contributed by atoms with Gasteiger partial charge < -0.3 is 4.74 Å². The molecule has 78 valence electrons. The van der Waals surface area contributed by atoms with Crippen LogP contribution in [0.2, 0.25) is 0 Å². The van der Waals surface area contributed by atoms with E-state index in [0.29, 0.717) is 13.0 Å². The van der Waals surface area contributed by atoms with Crippen molar-refractivity contribution in [2.45, 2.75) is 34.1 Å². The molecule has 0 bridgehead atoms. The van der Waals surface area contributed by atoms with Crippen molar-refractivity contribution in [1.82, 2.24) is 0 Å². The number of nitrogens with zero attached hydrogens (tertiary/aromatic N) is 1. The van der Waals surface area contributed by atoms with Gasteiger partial charge in [0.05, 0.1) is 12.7 Å². The summed E-state index contributed by atoms with van der Waals surface area (Å²) in [6.07, 6.45) is 2.49. The Labute approximate surface area is 85.4 Å². The van der Waals surface area contributed by atoms with Crippen molar-refractivity contribution in [1.29, 1.82) is 5.26 Å². The summed E-state index contributed by atoms with van der Waals surface area (Å²) in [5, 5.41) is 9.02. The summed E-state index contributed by atoms with van der Waals surface area (Å²) in [5.41, 5.74) is -0.321. The second-order valence-corrected chi connectivity index (χ2v) is 3.12. The van der Waals surface area contributed by atoms with E-state index in [9.17, 15) is 4.79 Å². The molecule has 1 atom stereocenters. The topological polar surface area (TPSA) is 50.1 Å². The molecule has 3 heteroatoms. The summed E-state index contributed by atoms with van der Waals surface area (Å²) in [6, 6.07) is 2.02. The normalized spacial score (nSPS) is 15.5. The Morgan fingerprint density at radius 3 is 2.43 bits per heavy atom. The molecular weight excluding hydrogens is 178 g/mol. The van der Waals surface area contributed by atoms with Gasteiger partial charge in [-0.25, -0.2) is 4.79 Å². The van der Waals surface area contributed by atoms with E-state index in [4.69, 9.17) is 10.00 Å². The van der Waals surface area contributed by atoms with E-state index in [1.165, 1.54) is 0 Å². The number of carbonyl (C=O) groups excluding carboxylic acids is 1. The van der Waals surface area contributed by atoms with E-state index in [1.807, 2.05) is 19.9 Å². The highest BCUT2D eigenvalue weighted by Gasteiger charge is 2.37. The highest BCUT2D eigenvalue weighted by Crippen LogP contribution is 2.29. The maximum Gasteiger partial charge on any atom is 0.330 e. The maximum atomic E-state index is 11.6. The molecule has 0 amide bonds. The first kappa shape index (κ1) is 12.7. The predicted molar refractivity (Wildman–Crippen MR) is 54.4 cm³/mol. The fourth-order valence-electron chi connectivity index (χ4n) is 1.37. The van der Waals surface area contributed by atoms with Crippen molar-refractivity contribution in [2.24, 2.45) is 5.41 Å². The lowest BCUT2D eigenvalue weighted by Gasteiger charge is -2.21. The van der Waals surface area contributed by atoms with Gasteiger partial charge in [-0.1, -0.05) is 13.0 Å². The van der Waals surface area contributed by atoms with Gasteiger partial charge in [0, 0.05) is 0 Å². The minimum Gasteiger partial charge on any atom is -0.465 e. The van der Waals surface area contributed by atoms with Crippen molar-refractivity contribution in [3.05, 3.63) is 11.6 Å². The molecule has 0 heterocycles. The van der Waals surface area contributed by atoms with Gasteiger partial charge in [0.2, 0.25) is 0 Å². The molecule has 0 radical (unpaired) electrons. The third-order valence-corrected chi connectivity index (χ3v) is 2.28. The van der Waals surface area contributed by atoms with Crippen molar-refractivity contribution < 1.29 is 9.53 Å². The van der Waals surface area contributed by atoms with Gasteiger partial charge >= 0.3 is 5.97 Å². The minimum atomic E-state index is -1.13. The molecule has 3 nitrogen and oxygen atoms in total. The van der Waals surface area contributed by atoms with E-state index in [1.54, 1.807) is 19.9 Å². The van der Waals surface area contributed by atoms with Gasteiger partial charge in [-0.05, 0) is 32.8 Å². The standard InChI is InChI=1S/C11H17NO2/c1-5-9(6-2)11(4,8-12)10(13)14-7-3/h5H,6-7H2,1-4H3/b9-5+. The average Bonchev–Trinajstić information content (AvgIpc) is 2.19. The third kappa shape index (κ3) is 2.35. The average molecular weight is 195 g/mol. The molecule has 0 aromatic heterocycles. The summed E-state index contributed by atoms with van der Waals surface area (Å²) < 4.78 is 4.88. The van der Waals surface area contributed by atoms with Crippen LogP contribution in [-0.2, 0) is 9.53 Å². The van der Waals surface area contributed by atoms with Crippen LogP contribution in [-0.4, -0.2) is 12.6 Å². The molecule has 0 aromatic rings. The van der Waals surface area contributed by atoms with Crippen molar-refractivity contribution in [2.75, 3.05) is 6.61 Å². The summed E-state index contributed by atoms with van der Waals surface area (Å²) >= 11 is 0. The zero-order chi connectivity index (χ0) is 11.2. The molecule has 0 aliphatic rings. The zero-order valence-electron chi connectivity index (χ0n) is 9.26. The fourth-order valence-corrected chi connectivity index (χ4v) is 1.37. The van der Waals surface area contributed by atoms with Crippen LogP contribution in [0.15, 0.2) is 11.6 Å².